The lowest BCUT2D eigenvalue weighted by Gasteiger charge is -2.09. The van der Waals surface area contributed by atoms with Gasteiger partial charge in [0.25, 0.3) is 0 Å². The first kappa shape index (κ1) is 16.7. The zero-order valence-electron chi connectivity index (χ0n) is 13.6. The molecular weight excluding hydrogens is 340 g/mol. The molecule has 3 rings (SSSR count). The van der Waals surface area contributed by atoms with Crippen molar-refractivity contribution in [1.82, 2.24) is 4.98 Å². The molecule has 0 fully saturated rings. The number of para-hydroxylation sites is 1. The second kappa shape index (κ2) is 7.18. The van der Waals surface area contributed by atoms with E-state index in [0.717, 1.165) is 10.9 Å². The summed E-state index contributed by atoms with van der Waals surface area (Å²) in [4.78, 5) is 2.84. The normalized spacial score (nSPS) is 11.0. The summed E-state index contributed by atoms with van der Waals surface area (Å²) in [7, 11) is 3.12. The first-order valence-electron chi connectivity index (χ1n) is 7.37. The Morgan fingerprint density at radius 3 is 2.64 bits per heavy atom. The molecule has 2 aromatic carbocycles. The van der Waals surface area contributed by atoms with Crippen molar-refractivity contribution in [2.75, 3.05) is 19.5 Å². The smallest absolute Gasteiger partial charge is 0.218 e. The molecule has 0 saturated carbocycles. The van der Waals surface area contributed by atoms with Crippen molar-refractivity contribution >= 4 is 39.6 Å². The number of H-pyrrole nitrogens is 1. The molecule has 0 bridgehead atoms. The highest BCUT2D eigenvalue weighted by molar-refractivity contribution is 7.80. The number of aromatic nitrogens is 1. The van der Waals surface area contributed by atoms with Crippen molar-refractivity contribution in [3.05, 3.63) is 42.5 Å². The molecular formula is C17H16N4O3S. The van der Waals surface area contributed by atoms with Crippen molar-refractivity contribution in [2.45, 2.75) is 0 Å². The quantitative estimate of drug-likeness (QED) is 0.477. The number of ether oxygens (including phenoxy) is 2. The first-order valence-corrected chi connectivity index (χ1v) is 7.77. The monoisotopic (exact) mass is 356 g/mol. The van der Waals surface area contributed by atoms with Crippen LogP contribution in [-0.4, -0.2) is 29.4 Å². The predicted octanol–water partition coefficient (Wildman–Crippen LogP) is 4.37. The maximum Gasteiger partial charge on any atom is 0.218 e. The van der Waals surface area contributed by atoms with Crippen LogP contribution >= 0.6 is 12.2 Å². The number of methoxy groups -OCH3 is 2. The number of hydrogen-bond acceptors (Lipinski definition) is 5. The van der Waals surface area contributed by atoms with E-state index in [9.17, 15) is 5.11 Å². The number of benzene rings is 2. The van der Waals surface area contributed by atoms with Crippen LogP contribution in [0.2, 0.25) is 0 Å². The fraction of sp³-hybridized carbons (Fsp3) is 0.118. The van der Waals surface area contributed by atoms with Gasteiger partial charge in [0.15, 0.2) is 17.2 Å². The van der Waals surface area contributed by atoms with E-state index >= 15 is 0 Å². The standard InChI is InChI=1S/C17H16N4O3S/c1-23-13-8-7-10(9-14(13)24-2)18-17(25)21-20-15-11-5-3-4-6-12(11)19-16(15)22/h3-9,19,22H,1-2H3,(H,18,25). The summed E-state index contributed by atoms with van der Waals surface area (Å²) < 4.78 is 10.4. The van der Waals surface area contributed by atoms with E-state index in [0.29, 0.717) is 22.9 Å². The molecule has 0 saturated heterocycles. The molecule has 7 nitrogen and oxygen atoms in total. The number of thiocarbonyl (C=S) groups is 1. The molecule has 8 heteroatoms. The topological polar surface area (TPSA) is 91.2 Å². The molecule has 0 unspecified atom stereocenters. The van der Waals surface area contributed by atoms with E-state index in [4.69, 9.17) is 21.7 Å². The van der Waals surface area contributed by atoms with Gasteiger partial charge >= 0.3 is 0 Å². The molecule has 0 spiro atoms. The zero-order valence-corrected chi connectivity index (χ0v) is 14.4. The lowest BCUT2D eigenvalue weighted by molar-refractivity contribution is 0.355. The van der Waals surface area contributed by atoms with Crippen LogP contribution in [0.25, 0.3) is 10.9 Å². The van der Waals surface area contributed by atoms with Gasteiger partial charge in [-0.1, -0.05) is 18.2 Å². The zero-order chi connectivity index (χ0) is 17.8. The van der Waals surface area contributed by atoms with E-state index in [1.807, 2.05) is 24.3 Å². The van der Waals surface area contributed by atoms with Crippen LogP contribution in [0.3, 0.4) is 0 Å². The minimum atomic E-state index is -0.0566. The summed E-state index contributed by atoms with van der Waals surface area (Å²) in [5.41, 5.74) is 1.80. The summed E-state index contributed by atoms with van der Waals surface area (Å²) in [6.07, 6.45) is 0. The highest BCUT2D eigenvalue weighted by Gasteiger charge is 2.10. The van der Waals surface area contributed by atoms with Gasteiger partial charge in [-0.05, 0) is 30.4 Å². The van der Waals surface area contributed by atoms with Gasteiger partial charge < -0.3 is 24.9 Å². The molecule has 0 aliphatic rings. The van der Waals surface area contributed by atoms with Gasteiger partial charge in [-0.2, -0.15) is 0 Å². The number of fused-ring (bicyclic) bond motifs is 1. The van der Waals surface area contributed by atoms with Crippen LogP contribution in [0.15, 0.2) is 52.7 Å². The van der Waals surface area contributed by atoms with E-state index in [1.54, 1.807) is 32.4 Å². The van der Waals surface area contributed by atoms with E-state index in [1.165, 1.54) is 0 Å². The second-order valence-corrected chi connectivity index (χ2v) is 5.45. The number of rotatable bonds is 4. The third kappa shape index (κ3) is 3.53. The van der Waals surface area contributed by atoms with Crippen molar-refractivity contribution in [3.63, 3.8) is 0 Å². The minimum absolute atomic E-state index is 0.0566. The van der Waals surface area contributed by atoms with Crippen molar-refractivity contribution in [2.24, 2.45) is 10.2 Å². The second-order valence-electron chi connectivity index (χ2n) is 5.07. The molecule has 0 aliphatic carbocycles. The number of anilines is 1. The Morgan fingerprint density at radius 2 is 1.88 bits per heavy atom. The molecule has 128 valence electrons. The maximum absolute atomic E-state index is 9.96. The molecule has 3 N–H and O–H groups in total. The fourth-order valence-electron chi connectivity index (χ4n) is 2.37. The Bertz CT molecular complexity index is 952. The summed E-state index contributed by atoms with van der Waals surface area (Å²) in [5, 5.41) is 21.8. The molecule has 0 atom stereocenters. The Balaban J connectivity index is 1.78. The van der Waals surface area contributed by atoms with Gasteiger partial charge in [0.05, 0.1) is 19.7 Å². The van der Waals surface area contributed by atoms with Gasteiger partial charge in [0, 0.05) is 17.1 Å². The number of nitrogens with zero attached hydrogens (tertiary/aromatic N) is 2. The van der Waals surface area contributed by atoms with E-state index < -0.39 is 0 Å². The Morgan fingerprint density at radius 1 is 1.12 bits per heavy atom. The number of aromatic amines is 1. The molecule has 0 radical (unpaired) electrons. The van der Waals surface area contributed by atoms with Crippen LogP contribution in [-0.2, 0) is 0 Å². The average Bonchev–Trinajstić information content (AvgIpc) is 2.95. The maximum atomic E-state index is 9.96. The van der Waals surface area contributed by atoms with E-state index in [-0.39, 0.29) is 11.0 Å². The summed E-state index contributed by atoms with van der Waals surface area (Å²) in [5.74, 6) is 1.13. The Hall–Kier alpha value is -3.13. The number of hydrogen-bond donors (Lipinski definition) is 3. The highest BCUT2D eigenvalue weighted by Crippen LogP contribution is 2.35. The SMILES string of the molecule is COc1ccc(NC(=S)N=Nc2c(O)[nH]c3ccccc23)cc1OC. The Labute approximate surface area is 149 Å². The summed E-state index contributed by atoms with van der Waals surface area (Å²) >= 11 is 5.18. The molecule has 1 heterocycles. The fourth-order valence-corrected chi connectivity index (χ4v) is 2.53. The van der Waals surface area contributed by atoms with Crippen molar-refractivity contribution in [1.29, 1.82) is 0 Å². The highest BCUT2D eigenvalue weighted by atomic mass is 32.1. The summed E-state index contributed by atoms with van der Waals surface area (Å²) in [6, 6.07) is 12.7. The molecule has 1 aromatic heterocycles. The summed E-state index contributed by atoms with van der Waals surface area (Å²) in [6.45, 7) is 0. The van der Waals surface area contributed by atoms with Gasteiger partial charge in [-0.3, -0.25) is 0 Å². The molecule has 3 aromatic rings. The van der Waals surface area contributed by atoms with Crippen LogP contribution in [0.4, 0.5) is 11.4 Å². The number of azo groups is 1. The average molecular weight is 356 g/mol. The van der Waals surface area contributed by atoms with Gasteiger partial charge in [0.1, 0.15) is 0 Å². The minimum Gasteiger partial charge on any atom is -0.493 e. The predicted molar refractivity (Wildman–Crippen MR) is 100 cm³/mol. The molecule has 25 heavy (non-hydrogen) atoms. The number of nitrogens with one attached hydrogen (secondary N) is 2. The Kier molecular flexibility index (Phi) is 4.80. The lowest BCUT2D eigenvalue weighted by Crippen LogP contribution is -2.05. The van der Waals surface area contributed by atoms with Crippen LogP contribution in [0.5, 0.6) is 17.4 Å². The van der Waals surface area contributed by atoms with Gasteiger partial charge in [-0.25, -0.2) is 0 Å². The van der Waals surface area contributed by atoms with Crippen LogP contribution in [0.1, 0.15) is 0 Å². The van der Waals surface area contributed by atoms with Crippen molar-refractivity contribution in [3.8, 4) is 17.4 Å². The van der Waals surface area contributed by atoms with E-state index in [2.05, 4.69) is 20.5 Å². The third-order valence-corrected chi connectivity index (χ3v) is 3.72. The van der Waals surface area contributed by atoms with Gasteiger partial charge in [0.2, 0.25) is 11.0 Å². The molecule has 0 amide bonds. The molecule has 0 aliphatic heterocycles. The lowest BCUT2D eigenvalue weighted by atomic mass is 10.2. The van der Waals surface area contributed by atoms with Crippen LogP contribution < -0.4 is 14.8 Å². The van der Waals surface area contributed by atoms with Crippen LogP contribution in [0, 0.1) is 0 Å². The number of aromatic hydroxyl groups is 1. The van der Waals surface area contributed by atoms with Gasteiger partial charge in [-0.15, -0.1) is 10.2 Å². The first-order chi connectivity index (χ1) is 12.1. The third-order valence-electron chi connectivity index (χ3n) is 3.54. The largest absolute Gasteiger partial charge is 0.493 e. The van der Waals surface area contributed by atoms with Crippen molar-refractivity contribution < 1.29 is 14.6 Å².